The second kappa shape index (κ2) is 5.54. The number of anilines is 1. The molecule has 0 radical (unpaired) electrons. The summed E-state index contributed by atoms with van der Waals surface area (Å²) in [6, 6.07) is 8.41. The Balaban J connectivity index is 2.26. The summed E-state index contributed by atoms with van der Waals surface area (Å²) < 4.78 is 0. The van der Waals surface area contributed by atoms with Crippen LogP contribution in [0.3, 0.4) is 0 Å². The number of carbonyl (C=O) groups is 2. The molecule has 0 atom stereocenters. The van der Waals surface area contributed by atoms with Gasteiger partial charge in [-0.25, -0.2) is 4.79 Å². The molecule has 2 aromatic carbocycles. The molecule has 21 heavy (non-hydrogen) atoms. The number of phenols is 2. The average Bonchev–Trinajstić information content (AvgIpc) is 2.41. The van der Waals surface area contributed by atoms with E-state index >= 15 is 0 Å². The Morgan fingerprint density at radius 3 is 2.38 bits per heavy atom. The molecular weight excluding hydrogens is 274 g/mol. The molecule has 0 fully saturated rings. The second-order valence-corrected chi connectivity index (χ2v) is 4.46. The van der Waals surface area contributed by atoms with Crippen molar-refractivity contribution in [3.63, 3.8) is 0 Å². The molecule has 6 nitrogen and oxygen atoms in total. The van der Waals surface area contributed by atoms with Crippen LogP contribution in [0.5, 0.6) is 11.5 Å². The van der Waals surface area contributed by atoms with Crippen LogP contribution in [0.4, 0.5) is 5.69 Å². The predicted octanol–water partition coefficient (Wildman–Crippen LogP) is 2.36. The van der Waals surface area contributed by atoms with Gasteiger partial charge in [-0.15, -0.1) is 0 Å². The molecule has 4 N–H and O–H groups in total. The van der Waals surface area contributed by atoms with Crippen LogP contribution in [-0.2, 0) is 0 Å². The summed E-state index contributed by atoms with van der Waals surface area (Å²) in [5.74, 6) is -2.55. The lowest BCUT2D eigenvalue weighted by molar-refractivity contribution is 0.0696. The topological polar surface area (TPSA) is 107 Å². The zero-order valence-corrected chi connectivity index (χ0v) is 11.1. The number of hydrogen-bond donors (Lipinski definition) is 4. The molecule has 0 saturated heterocycles. The molecule has 0 saturated carbocycles. The van der Waals surface area contributed by atoms with Crippen molar-refractivity contribution in [1.29, 1.82) is 0 Å². The maximum Gasteiger partial charge on any atom is 0.335 e. The van der Waals surface area contributed by atoms with Crippen LogP contribution < -0.4 is 5.32 Å². The molecule has 108 valence electrons. The smallest absolute Gasteiger partial charge is 0.335 e. The molecular formula is C15H13NO5. The largest absolute Gasteiger partial charge is 0.504 e. The van der Waals surface area contributed by atoms with Crippen molar-refractivity contribution in [3.8, 4) is 11.5 Å². The quantitative estimate of drug-likeness (QED) is 0.648. The Bertz CT molecular complexity index is 724. The Kier molecular flexibility index (Phi) is 3.80. The summed E-state index contributed by atoms with van der Waals surface area (Å²) in [6.45, 7) is 1.62. The number of aromatic carboxylic acids is 1. The third-order valence-corrected chi connectivity index (χ3v) is 2.97. The molecule has 0 aliphatic carbocycles. The van der Waals surface area contributed by atoms with Gasteiger partial charge in [-0.05, 0) is 42.8 Å². The number of rotatable bonds is 3. The first kappa shape index (κ1) is 14.4. The number of carboxylic acid groups (broad SMARTS) is 1. The van der Waals surface area contributed by atoms with Gasteiger partial charge in [0.2, 0.25) is 0 Å². The normalized spacial score (nSPS) is 10.1. The number of amides is 1. The van der Waals surface area contributed by atoms with Crippen LogP contribution in [-0.4, -0.2) is 27.2 Å². The summed E-state index contributed by atoms with van der Waals surface area (Å²) in [5.41, 5.74) is 0.967. The highest BCUT2D eigenvalue weighted by atomic mass is 16.4. The minimum atomic E-state index is -1.05. The number of nitrogens with one attached hydrogen (secondary N) is 1. The zero-order valence-electron chi connectivity index (χ0n) is 11.1. The van der Waals surface area contributed by atoms with E-state index in [9.17, 15) is 19.8 Å². The summed E-state index contributed by atoms with van der Waals surface area (Å²) in [4.78, 5) is 22.9. The zero-order chi connectivity index (χ0) is 15.6. The fourth-order valence-corrected chi connectivity index (χ4v) is 1.89. The van der Waals surface area contributed by atoms with E-state index in [0.717, 1.165) is 0 Å². The van der Waals surface area contributed by atoms with Gasteiger partial charge in [-0.3, -0.25) is 4.79 Å². The van der Waals surface area contributed by atoms with Gasteiger partial charge < -0.3 is 20.6 Å². The number of carbonyl (C=O) groups excluding carboxylic acids is 1. The molecule has 6 heteroatoms. The monoisotopic (exact) mass is 287 g/mol. The lowest BCUT2D eigenvalue weighted by Crippen LogP contribution is -2.12. The first-order chi connectivity index (χ1) is 9.90. The van der Waals surface area contributed by atoms with Crippen LogP contribution >= 0.6 is 0 Å². The van der Waals surface area contributed by atoms with Gasteiger partial charge in [0.15, 0.2) is 11.5 Å². The highest BCUT2D eigenvalue weighted by molar-refractivity contribution is 6.06. The molecule has 0 aromatic heterocycles. The molecule has 0 bridgehead atoms. The van der Waals surface area contributed by atoms with E-state index in [1.807, 2.05) is 0 Å². The Morgan fingerprint density at radius 1 is 1.05 bits per heavy atom. The second-order valence-electron chi connectivity index (χ2n) is 4.46. The van der Waals surface area contributed by atoms with E-state index in [2.05, 4.69) is 5.32 Å². The van der Waals surface area contributed by atoms with Gasteiger partial charge in [-0.2, -0.15) is 0 Å². The summed E-state index contributed by atoms with van der Waals surface area (Å²) >= 11 is 0. The maximum atomic E-state index is 12.0. The first-order valence-electron chi connectivity index (χ1n) is 6.06. The highest BCUT2D eigenvalue weighted by Gasteiger charge is 2.15. The highest BCUT2D eigenvalue weighted by Crippen LogP contribution is 2.28. The van der Waals surface area contributed by atoms with Gasteiger partial charge in [-0.1, -0.05) is 6.07 Å². The van der Waals surface area contributed by atoms with Crippen LogP contribution in [0.25, 0.3) is 0 Å². The Morgan fingerprint density at radius 2 is 1.76 bits per heavy atom. The molecule has 0 aliphatic rings. The minimum absolute atomic E-state index is 0.0741. The van der Waals surface area contributed by atoms with Crippen LogP contribution in [0, 0.1) is 6.92 Å². The van der Waals surface area contributed by atoms with Crippen molar-refractivity contribution in [3.05, 3.63) is 53.1 Å². The lowest BCUT2D eigenvalue weighted by atomic mass is 10.1. The van der Waals surface area contributed by atoms with Crippen molar-refractivity contribution >= 4 is 17.6 Å². The van der Waals surface area contributed by atoms with E-state index in [0.29, 0.717) is 11.3 Å². The third-order valence-electron chi connectivity index (χ3n) is 2.97. The van der Waals surface area contributed by atoms with E-state index in [-0.39, 0.29) is 16.9 Å². The standard InChI is InChI=1S/C15H13NO5/c1-8-7-9(5-6-10(8)15(20)21)16-14(19)11-3-2-4-12(17)13(11)18/h2-7,17-18H,1H3,(H,16,19)(H,20,21). The minimum Gasteiger partial charge on any atom is -0.504 e. The van der Waals surface area contributed by atoms with Crippen LogP contribution in [0.2, 0.25) is 0 Å². The maximum absolute atomic E-state index is 12.0. The number of phenolic OH excluding ortho intramolecular Hbond substituents is 2. The molecule has 2 aromatic rings. The Labute approximate surface area is 120 Å². The van der Waals surface area contributed by atoms with Crippen LogP contribution in [0.1, 0.15) is 26.3 Å². The number of aromatic hydroxyl groups is 2. The molecule has 0 aliphatic heterocycles. The predicted molar refractivity (Wildman–Crippen MR) is 75.9 cm³/mol. The first-order valence-corrected chi connectivity index (χ1v) is 6.06. The molecule has 2 rings (SSSR count). The molecule has 0 unspecified atom stereocenters. The van der Waals surface area contributed by atoms with Crippen molar-refractivity contribution in [1.82, 2.24) is 0 Å². The van der Waals surface area contributed by atoms with Crippen molar-refractivity contribution < 1.29 is 24.9 Å². The number of carboxylic acids is 1. The number of para-hydroxylation sites is 1. The average molecular weight is 287 g/mol. The van der Waals surface area contributed by atoms with Gasteiger partial charge in [0, 0.05) is 5.69 Å². The molecule has 0 spiro atoms. The van der Waals surface area contributed by atoms with E-state index in [1.165, 1.54) is 36.4 Å². The third kappa shape index (κ3) is 2.94. The van der Waals surface area contributed by atoms with Crippen molar-refractivity contribution in [2.75, 3.05) is 5.32 Å². The van der Waals surface area contributed by atoms with Gasteiger partial charge in [0.1, 0.15) is 0 Å². The molecule has 0 heterocycles. The van der Waals surface area contributed by atoms with Crippen molar-refractivity contribution in [2.24, 2.45) is 0 Å². The SMILES string of the molecule is Cc1cc(NC(=O)c2cccc(O)c2O)ccc1C(=O)O. The van der Waals surface area contributed by atoms with Gasteiger partial charge in [0.05, 0.1) is 11.1 Å². The fraction of sp³-hybridized carbons (Fsp3) is 0.0667. The number of hydrogen-bond acceptors (Lipinski definition) is 4. The van der Waals surface area contributed by atoms with E-state index in [4.69, 9.17) is 5.11 Å². The summed E-state index contributed by atoms with van der Waals surface area (Å²) in [7, 11) is 0. The fourth-order valence-electron chi connectivity index (χ4n) is 1.89. The van der Waals surface area contributed by atoms with Crippen LogP contribution in [0.15, 0.2) is 36.4 Å². The van der Waals surface area contributed by atoms with E-state index < -0.39 is 17.6 Å². The summed E-state index contributed by atoms with van der Waals surface area (Å²) in [5, 5.41) is 30.5. The van der Waals surface area contributed by atoms with Gasteiger partial charge >= 0.3 is 5.97 Å². The van der Waals surface area contributed by atoms with E-state index in [1.54, 1.807) is 6.92 Å². The summed E-state index contributed by atoms with van der Waals surface area (Å²) in [6.07, 6.45) is 0. The van der Waals surface area contributed by atoms with Gasteiger partial charge in [0.25, 0.3) is 5.91 Å². The number of benzene rings is 2. The number of aryl methyl sites for hydroxylation is 1. The molecule has 1 amide bonds. The van der Waals surface area contributed by atoms with Crippen molar-refractivity contribution in [2.45, 2.75) is 6.92 Å². The lowest BCUT2D eigenvalue weighted by Gasteiger charge is -2.09. The Hall–Kier alpha value is -3.02.